The smallest absolute Gasteiger partial charge is 0.203 e. The van der Waals surface area contributed by atoms with Crippen molar-refractivity contribution >= 4 is 34.6 Å². The average Bonchev–Trinajstić information content (AvgIpc) is 3.31. The van der Waals surface area contributed by atoms with Crippen LogP contribution >= 0.6 is 23.8 Å². The number of hydrogen-bond acceptors (Lipinski definition) is 6. The number of ether oxygens (including phenoxy) is 4. The Bertz CT molecular complexity index is 1030. The van der Waals surface area contributed by atoms with Gasteiger partial charge in [0.15, 0.2) is 16.6 Å². The van der Waals surface area contributed by atoms with Crippen LogP contribution in [0.25, 0.3) is 0 Å². The maximum Gasteiger partial charge on any atom is 0.203 e. The number of anilines is 1. The molecule has 170 valence electrons. The molecule has 0 saturated heterocycles. The third kappa shape index (κ3) is 5.57. The zero-order valence-electron chi connectivity index (χ0n) is 18.3. The predicted molar refractivity (Wildman–Crippen MR) is 128 cm³/mol. The van der Waals surface area contributed by atoms with Crippen LogP contribution in [0.3, 0.4) is 0 Å². The third-order valence-electron chi connectivity index (χ3n) is 4.72. The minimum atomic E-state index is 0.443. The molecule has 0 aliphatic carbocycles. The summed E-state index contributed by atoms with van der Waals surface area (Å²) in [5, 5.41) is 4.27. The van der Waals surface area contributed by atoms with Crippen LogP contribution in [-0.2, 0) is 13.1 Å². The Balaban J connectivity index is 1.91. The molecule has 0 aliphatic heterocycles. The summed E-state index contributed by atoms with van der Waals surface area (Å²) in [6.45, 7) is 0.893. The van der Waals surface area contributed by atoms with Crippen molar-refractivity contribution in [2.24, 2.45) is 0 Å². The largest absolute Gasteiger partial charge is 0.495 e. The number of rotatable bonds is 9. The summed E-state index contributed by atoms with van der Waals surface area (Å²) in [5.74, 6) is 3.05. The van der Waals surface area contributed by atoms with E-state index in [4.69, 9.17) is 47.2 Å². The van der Waals surface area contributed by atoms with Crippen LogP contribution in [0.15, 0.2) is 53.1 Å². The van der Waals surface area contributed by atoms with E-state index >= 15 is 0 Å². The Morgan fingerprint density at radius 2 is 1.62 bits per heavy atom. The van der Waals surface area contributed by atoms with Gasteiger partial charge in [0, 0.05) is 11.6 Å². The molecule has 0 spiro atoms. The summed E-state index contributed by atoms with van der Waals surface area (Å²) in [4.78, 5) is 1.95. The molecule has 9 heteroatoms. The number of thiocarbonyl (C=S) groups is 1. The lowest BCUT2D eigenvalue weighted by Crippen LogP contribution is -2.33. The van der Waals surface area contributed by atoms with Gasteiger partial charge in [-0.05, 0) is 60.2 Å². The molecule has 3 rings (SSSR count). The van der Waals surface area contributed by atoms with Crippen molar-refractivity contribution < 1.29 is 23.4 Å². The first-order chi connectivity index (χ1) is 15.5. The van der Waals surface area contributed by atoms with Gasteiger partial charge in [0.2, 0.25) is 5.75 Å². The van der Waals surface area contributed by atoms with E-state index in [0.29, 0.717) is 51.9 Å². The molecule has 1 N–H and O–H groups in total. The lowest BCUT2D eigenvalue weighted by Gasteiger charge is -2.26. The second kappa shape index (κ2) is 11.0. The van der Waals surface area contributed by atoms with Crippen molar-refractivity contribution in [3.63, 3.8) is 0 Å². The summed E-state index contributed by atoms with van der Waals surface area (Å²) in [5.41, 5.74) is 1.58. The Morgan fingerprint density at radius 1 is 0.938 bits per heavy atom. The van der Waals surface area contributed by atoms with E-state index in [-0.39, 0.29) is 0 Å². The molecule has 0 unspecified atom stereocenters. The normalized spacial score (nSPS) is 10.4. The fraction of sp³-hybridized carbons (Fsp3) is 0.261. The number of nitrogens with one attached hydrogen (secondary N) is 1. The molecule has 0 saturated carbocycles. The van der Waals surface area contributed by atoms with Gasteiger partial charge in [-0.3, -0.25) is 0 Å². The molecule has 7 nitrogen and oxygen atoms in total. The predicted octanol–water partition coefficient (Wildman–Crippen LogP) is 5.37. The highest BCUT2D eigenvalue weighted by Gasteiger charge is 2.19. The Hall–Kier alpha value is -3.10. The van der Waals surface area contributed by atoms with Gasteiger partial charge in [-0.1, -0.05) is 11.6 Å². The first-order valence-corrected chi connectivity index (χ1v) is 10.5. The summed E-state index contributed by atoms with van der Waals surface area (Å²) < 4.78 is 27.4. The van der Waals surface area contributed by atoms with E-state index in [1.165, 1.54) is 0 Å². The van der Waals surface area contributed by atoms with Gasteiger partial charge in [-0.2, -0.15) is 0 Å². The highest BCUT2D eigenvalue weighted by molar-refractivity contribution is 7.80. The van der Waals surface area contributed by atoms with E-state index in [1.807, 2.05) is 29.2 Å². The molecule has 0 radical (unpaired) electrons. The van der Waals surface area contributed by atoms with Crippen LogP contribution in [0.5, 0.6) is 23.0 Å². The van der Waals surface area contributed by atoms with Crippen molar-refractivity contribution in [2.45, 2.75) is 13.1 Å². The van der Waals surface area contributed by atoms with Crippen molar-refractivity contribution in [1.82, 2.24) is 4.90 Å². The molecule has 1 heterocycles. The van der Waals surface area contributed by atoms with Crippen LogP contribution in [0.2, 0.25) is 5.02 Å². The van der Waals surface area contributed by atoms with E-state index in [1.54, 1.807) is 52.9 Å². The highest BCUT2D eigenvalue weighted by Crippen LogP contribution is 2.38. The fourth-order valence-electron chi connectivity index (χ4n) is 3.21. The summed E-state index contributed by atoms with van der Waals surface area (Å²) in [7, 11) is 6.33. The number of hydrogen-bond donors (Lipinski definition) is 1. The van der Waals surface area contributed by atoms with Gasteiger partial charge in [0.25, 0.3) is 0 Å². The molecule has 3 aromatic rings. The molecule has 0 bridgehead atoms. The Kier molecular flexibility index (Phi) is 8.08. The second-order valence-electron chi connectivity index (χ2n) is 6.74. The monoisotopic (exact) mass is 476 g/mol. The molecule has 1 aromatic heterocycles. The van der Waals surface area contributed by atoms with Crippen LogP contribution in [0.4, 0.5) is 5.69 Å². The van der Waals surface area contributed by atoms with Crippen LogP contribution < -0.4 is 24.3 Å². The van der Waals surface area contributed by atoms with Crippen LogP contribution in [-0.4, -0.2) is 38.5 Å². The maximum atomic E-state index is 6.17. The third-order valence-corrected chi connectivity index (χ3v) is 5.31. The number of methoxy groups -OCH3 is 4. The molecule has 0 aliphatic rings. The first kappa shape index (κ1) is 23.6. The molecule has 0 amide bonds. The zero-order chi connectivity index (χ0) is 23.1. The minimum absolute atomic E-state index is 0.443. The lowest BCUT2D eigenvalue weighted by molar-refractivity contribution is 0.321. The summed E-state index contributed by atoms with van der Waals surface area (Å²) in [6.07, 6.45) is 1.63. The van der Waals surface area contributed by atoms with Gasteiger partial charge in [-0.15, -0.1) is 0 Å². The second-order valence-corrected chi connectivity index (χ2v) is 7.57. The fourth-order valence-corrected chi connectivity index (χ4v) is 3.62. The van der Waals surface area contributed by atoms with Crippen molar-refractivity contribution in [3.8, 4) is 23.0 Å². The van der Waals surface area contributed by atoms with E-state index < -0.39 is 0 Å². The molecule has 32 heavy (non-hydrogen) atoms. The molecular weight excluding hydrogens is 452 g/mol. The standard InChI is InChI=1S/C23H25ClN2O5S/c1-27-19-8-7-16(24)12-18(19)25-23(32)26(14-17-6-5-9-31-17)13-15-10-20(28-2)22(30-4)21(11-15)29-3/h5-12H,13-14H2,1-4H3,(H,25,32). The molecule has 0 atom stereocenters. The van der Waals surface area contributed by atoms with E-state index in [9.17, 15) is 0 Å². The number of nitrogens with zero attached hydrogens (tertiary/aromatic N) is 1. The van der Waals surface area contributed by atoms with Gasteiger partial charge >= 0.3 is 0 Å². The van der Waals surface area contributed by atoms with Crippen LogP contribution in [0, 0.1) is 0 Å². The quantitative estimate of drug-likeness (QED) is 0.414. The number of benzene rings is 2. The van der Waals surface area contributed by atoms with Crippen molar-refractivity contribution in [3.05, 3.63) is 65.1 Å². The molecule has 2 aromatic carbocycles. The van der Waals surface area contributed by atoms with Crippen molar-refractivity contribution in [1.29, 1.82) is 0 Å². The van der Waals surface area contributed by atoms with E-state index in [2.05, 4.69) is 5.32 Å². The number of halogens is 1. The van der Waals surface area contributed by atoms with Crippen molar-refractivity contribution in [2.75, 3.05) is 33.8 Å². The minimum Gasteiger partial charge on any atom is -0.495 e. The Morgan fingerprint density at radius 3 is 2.19 bits per heavy atom. The SMILES string of the molecule is COc1ccc(Cl)cc1NC(=S)N(Cc1cc(OC)c(OC)c(OC)c1)Cc1ccco1. The summed E-state index contributed by atoms with van der Waals surface area (Å²) >= 11 is 11.9. The maximum absolute atomic E-state index is 6.17. The summed E-state index contributed by atoms with van der Waals surface area (Å²) in [6, 6.07) is 12.8. The van der Waals surface area contributed by atoms with Crippen LogP contribution in [0.1, 0.15) is 11.3 Å². The van der Waals surface area contributed by atoms with E-state index in [0.717, 1.165) is 11.3 Å². The molecule has 0 fully saturated rings. The topological polar surface area (TPSA) is 65.3 Å². The zero-order valence-corrected chi connectivity index (χ0v) is 19.9. The highest BCUT2D eigenvalue weighted by atomic mass is 35.5. The first-order valence-electron chi connectivity index (χ1n) is 9.69. The number of furan rings is 1. The average molecular weight is 477 g/mol. The van der Waals surface area contributed by atoms with Gasteiger partial charge in [0.05, 0.1) is 46.9 Å². The lowest BCUT2D eigenvalue weighted by atomic mass is 10.1. The molecular formula is C23H25ClN2O5S. The van der Waals surface area contributed by atoms with Gasteiger partial charge in [-0.25, -0.2) is 0 Å². The van der Waals surface area contributed by atoms with Gasteiger partial charge < -0.3 is 33.6 Å². The Labute approximate surface area is 197 Å². The van der Waals surface area contributed by atoms with Gasteiger partial charge in [0.1, 0.15) is 11.5 Å².